The molecular weight excluding hydrogens is 442 g/mol. The van der Waals surface area contributed by atoms with E-state index in [2.05, 4.69) is 50.7 Å². The van der Waals surface area contributed by atoms with Crippen LogP contribution in [0.25, 0.3) is 17.0 Å². The number of nitrogens with zero attached hydrogens (tertiary/aromatic N) is 1. The van der Waals surface area contributed by atoms with E-state index in [9.17, 15) is 4.79 Å². The van der Waals surface area contributed by atoms with Gasteiger partial charge in [-0.05, 0) is 79.2 Å². The van der Waals surface area contributed by atoms with Crippen LogP contribution in [0.3, 0.4) is 0 Å². The number of methoxy groups -OCH3 is 2. The highest BCUT2D eigenvalue weighted by molar-refractivity contribution is 6.74. The van der Waals surface area contributed by atoms with Gasteiger partial charge in [0.2, 0.25) is 0 Å². The number of benzene rings is 2. The maximum atomic E-state index is 13.2. The van der Waals surface area contributed by atoms with Crippen LogP contribution in [0.4, 0.5) is 0 Å². The van der Waals surface area contributed by atoms with Gasteiger partial charge in [-0.2, -0.15) is 0 Å². The standard InChI is InChI=1S/C28H37NO4Si/c1-20(17-23-19-24(31-5)10-12-26(23)32-6)27(30)22-9-11-25-21(18-22)13-14-29(25)15-16-33-34(7,8)28(2,3)4/h9-14,17-19H,15-16H2,1-8H3/b20-17+. The molecule has 3 aromatic rings. The molecule has 2 aromatic carbocycles. The summed E-state index contributed by atoms with van der Waals surface area (Å²) in [5, 5.41) is 1.24. The smallest absolute Gasteiger partial charge is 0.192 e. The first-order valence-electron chi connectivity index (χ1n) is 11.6. The number of hydrogen-bond donors (Lipinski definition) is 0. The van der Waals surface area contributed by atoms with E-state index in [0.29, 0.717) is 29.2 Å². The fraction of sp³-hybridized carbons (Fsp3) is 0.393. The number of rotatable bonds is 9. The molecule has 0 bridgehead atoms. The van der Waals surface area contributed by atoms with Crippen molar-refractivity contribution in [2.45, 2.75) is 52.4 Å². The molecule has 0 radical (unpaired) electrons. The number of ketones is 1. The number of aromatic nitrogens is 1. The SMILES string of the molecule is COc1ccc(OC)c(/C=C(\C)C(=O)c2ccc3c(ccn3CCO[Si](C)(C)C(C)(C)C)c2)c1. The molecule has 0 unspecified atom stereocenters. The predicted octanol–water partition coefficient (Wildman–Crippen LogP) is 6.97. The topological polar surface area (TPSA) is 49.7 Å². The third kappa shape index (κ3) is 5.62. The Morgan fingerprint density at radius 1 is 1.03 bits per heavy atom. The van der Waals surface area contributed by atoms with Gasteiger partial charge in [-0.25, -0.2) is 0 Å². The highest BCUT2D eigenvalue weighted by Gasteiger charge is 2.36. The minimum atomic E-state index is -1.77. The normalized spacial score (nSPS) is 12.8. The van der Waals surface area contributed by atoms with Crippen molar-refractivity contribution in [3.05, 3.63) is 65.4 Å². The van der Waals surface area contributed by atoms with Crippen molar-refractivity contribution >= 4 is 31.1 Å². The molecule has 34 heavy (non-hydrogen) atoms. The van der Waals surface area contributed by atoms with Crippen LogP contribution >= 0.6 is 0 Å². The summed E-state index contributed by atoms with van der Waals surface area (Å²) in [7, 11) is 1.47. The summed E-state index contributed by atoms with van der Waals surface area (Å²) in [5.41, 5.74) is 3.21. The molecule has 0 aliphatic heterocycles. The lowest BCUT2D eigenvalue weighted by Crippen LogP contribution is -2.41. The monoisotopic (exact) mass is 479 g/mol. The van der Waals surface area contributed by atoms with E-state index in [0.717, 1.165) is 23.0 Å². The van der Waals surface area contributed by atoms with Crippen LogP contribution in [-0.4, -0.2) is 39.5 Å². The Morgan fingerprint density at radius 3 is 2.41 bits per heavy atom. The molecule has 0 aliphatic carbocycles. The third-order valence-corrected chi connectivity index (χ3v) is 11.3. The number of hydrogen-bond acceptors (Lipinski definition) is 4. The van der Waals surface area contributed by atoms with Crippen molar-refractivity contribution in [2.75, 3.05) is 20.8 Å². The molecule has 0 saturated carbocycles. The molecule has 0 N–H and O–H groups in total. The first-order valence-corrected chi connectivity index (χ1v) is 14.6. The summed E-state index contributed by atoms with van der Waals surface area (Å²) < 4.78 is 19.3. The Kier molecular flexibility index (Phi) is 7.73. The Hall–Kier alpha value is -2.83. The van der Waals surface area contributed by atoms with Crippen LogP contribution in [0.1, 0.15) is 43.6 Å². The first kappa shape index (κ1) is 25.8. The molecule has 1 aromatic heterocycles. The number of carbonyl (C=O) groups is 1. The maximum Gasteiger partial charge on any atom is 0.192 e. The summed E-state index contributed by atoms with van der Waals surface area (Å²) in [6, 6.07) is 13.5. The minimum Gasteiger partial charge on any atom is -0.497 e. The second-order valence-electron chi connectivity index (χ2n) is 10.2. The van der Waals surface area contributed by atoms with E-state index < -0.39 is 8.32 Å². The molecule has 0 amide bonds. The van der Waals surface area contributed by atoms with E-state index in [1.54, 1.807) is 14.2 Å². The zero-order valence-electron chi connectivity index (χ0n) is 21.7. The largest absolute Gasteiger partial charge is 0.497 e. The summed E-state index contributed by atoms with van der Waals surface area (Å²) in [6.45, 7) is 14.6. The summed E-state index contributed by atoms with van der Waals surface area (Å²) in [5.74, 6) is 1.40. The molecule has 0 aliphatic rings. The second-order valence-corrected chi connectivity index (χ2v) is 15.0. The van der Waals surface area contributed by atoms with Crippen molar-refractivity contribution in [3.63, 3.8) is 0 Å². The van der Waals surface area contributed by atoms with Crippen molar-refractivity contribution in [1.82, 2.24) is 4.57 Å². The van der Waals surface area contributed by atoms with Crippen molar-refractivity contribution in [1.29, 1.82) is 0 Å². The van der Waals surface area contributed by atoms with Crippen molar-refractivity contribution < 1.29 is 18.7 Å². The lowest BCUT2D eigenvalue weighted by Gasteiger charge is -2.36. The molecular formula is C28H37NO4Si. The molecule has 6 heteroatoms. The average molecular weight is 480 g/mol. The van der Waals surface area contributed by atoms with Crippen molar-refractivity contribution in [3.8, 4) is 11.5 Å². The van der Waals surface area contributed by atoms with Crippen LogP contribution in [-0.2, 0) is 11.0 Å². The van der Waals surface area contributed by atoms with Gasteiger partial charge in [0.15, 0.2) is 14.1 Å². The molecule has 0 fully saturated rings. The maximum absolute atomic E-state index is 13.2. The van der Waals surface area contributed by atoms with Gasteiger partial charge < -0.3 is 18.5 Å². The van der Waals surface area contributed by atoms with Crippen LogP contribution in [0, 0.1) is 0 Å². The lowest BCUT2D eigenvalue weighted by atomic mass is 10.0. The molecule has 0 atom stereocenters. The van der Waals surface area contributed by atoms with E-state index in [1.165, 1.54) is 0 Å². The van der Waals surface area contributed by atoms with E-state index in [-0.39, 0.29) is 10.8 Å². The molecule has 182 valence electrons. The predicted molar refractivity (Wildman–Crippen MR) is 143 cm³/mol. The van der Waals surface area contributed by atoms with E-state index in [4.69, 9.17) is 13.9 Å². The summed E-state index contributed by atoms with van der Waals surface area (Å²) >= 11 is 0. The molecule has 3 rings (SSSR count). The Bertz CT molecular complexity index is 1200. The Balaban J connectivity index is 1.78. The molecule has 0 saturated heterocycles. The number of fused-ring (bicyclic) bond motifs is 1. The van der Waals surface area contributed by atoms with Gasteiger partial charge in [-0.3, -0.25) is 4.79 Å². The third-order valence-electron chi connectivity index (χ3n) is 6.80. The zero-order chi connectivity index (χ0) is 25.1. The molecule has 0 spiro atoms. The van der Waals surface area contributed by atoms with Gasteiger partial charge >= 0.3 is 0 Å². The fourth-order valence-electron chi connectivity index (χ4n) is 3.63. The Morgan fingerprint density at radius 2 is 1.76 bits per heavy atom. The second kappa shape index (κ2) is 10.2. The number of Topliss-reactive ketones (excluding diaryl/α,β-unsaturated/α-hetero) is 1. The van der Waals surface area contributed by atoms with Crippen LogP contribution in [0.2, 0.25) is 18.1 Å². The quantitative estimate of drug-likeness (QED) is 0.189. The summed E-state index contributed by atoms with van der Waals surface area (Å²) in [6.07, 6.45) is 3.91. The highest BCUT2D eigenvalue weighted by atomic mass is 28.4. The molecule has 5 nitrogen and oxygen atoms in total. The van der Waals surface area contributed by atoms with Crippen LogP contribution in [0.15, 0.2) is 54.2 Å². The average Bonchev–Trinajstić information content (AvgIpc) is 3.19. The van der Waals surface area contributed by atoms with Gasteiger partial charge in [0, 0.05) is 34.8 Å². The highest BCUT2D eigenvalue weighted by Crippen LogP contribution is 2.36. The van der Waals surface area contributed by atoms with E-state index in [1.807, 2.05) is 49.4 Å². The Labute approximate surface area is 204 Å². The number of carbonyl (C=O) groups excluding carboxylic acids is 1. The minimum absolute atomic E-state index is 0.0132. The van der Waals surface area contributed by atoms with Gasteiger partial charge in [-0.15, -0.1) is 0 Å². The van der Waals surface area contributed by atoms with Gasteiger partial charge in [0.25, 0.3) is 0 Å². The number of allylic oxidation sites excluding steroid dienone is 1. The lowest BCUT2D eigenvalue weighted by molar-refractivity contribution is 0.103. The van der Waals surface area contributed by atoms with E-state index >= 15 is 0 Å². The first-order chi connectivity index (χ1) is 16.0. The molecule has 1 heterocycles. The van der Waals surface area contributed by atoms with Gasteiger partial charge in [0.1, 0.15) is 11.5 Å². The fourth-order valence-corrected chi connectivity index (χ4v) is 4.67. The zero-order valence-corrected chi connectivity index (χ0v) is 22.7. The number of ether oxygens (including phenoxy) is 2. The summed E-state index contributed by atoms with van der Waals surface area (Å²) in [4.78, 5) is 13.2. The van der Waals surface area contributed by atoms with Gasteiger partial charge in [-0.1, -0.05) is 20.8 Å². The van der Waals surface area contributed by atoms with Crippen molar-refractivity contribution in [2.24, 2.45) is 0 Å². The van der Waals surface area contributed by atoms with Crippen LogP contribution in [0.5, 0.6) is 11.5 Å². The van der Waals surface area contributed by atoms with Crippen LogP contribution < -0.4 is 9.47 Å². The van der Waals surface area contributed by atoms with Gasteiger partial charge in [0.05, 0.1) is 20.8 Å².